The Hall–Kier alpha value is -0.570. The molecule has 2 rings (SSSR count). The quantitative estimate of drug-likeness (QED) is 0.660. The van der Waals surface area contributed by atoms with Crippen LogP contribution in [0.3, 0.4) is 0 Å². The topological polar surface area (TPSA) is 23.6 Å². The Kier molecular flexibility index (Phi) is 3.06. The van der Waals surface area contributed by atoms with E-state index in [0.29, 0.717) is 12.3 Å². The van der Waals surface area contributed by atoms with Gasteiger partial charge >= 0.3 is 0 Å². The van der Waals surface area contributed by atoms with Crippen molar-refractivity contribution in [1.29, 1.82) is 0 Å². The van der Waals surface area contributed by atoms with Gasteiger partial charge in [0.2, 0.25) is 5.91 Å². The molecule has 0 unspecified atom stereocenters. The van der Waals surface area contributed by atoms with Gasteiger partial charge < -0.3 is 4.90 Å². The third-order valence-electron chi connectivity index (χ3n) is 3.56. The van der Waals surface area contributed by atoms with E-state index in [1.165, 1.54) is 19.3 Å². The molecule has 0 N–H and O–H groups in total. The molecular formula is C11H20N2O. The van der Waals surface area contributed by atoms with Gasteiger partial charge in [0.1, 0.15) is 0 Å². The molecule has 1 saturated heterocycles. The van der Waals surface area contributed by atoms with Gasteiger partial charge in [0.15, 0.2) is 0 Å². The van der Waals surface area contributed by atoms with E-state index in [1.54, 1.807) is 0 Å². The Balaban J connectivity index is 1.76. The Labute approximate surface area is 86.1 Å². The zero-order valence-electron chi connectivity index (χ0n) is 9.04. The van der Waals surface area contributed by atoms with Crippen LogP contribution in [-0.2, 0) is 4.79 Å². The van der Waals surface area contributed by atoms with E-state index in [0.717, 1.165) is 32.2 Å². The van der Waals surface area contributed by atoms with Crippen LogP contribution in [0.1, 0.15) is 32.6 Å². The number of nitrogens with zero attached hydrogens (tertiary/aromatic N) is 2. The SMILES string of the molecule is CCC(=O)N1CCN(C2CCC2)CC1. The number of piperazine rings is 1. The van der Waals surface area contributed by atoms with Crippen LogP contribution in [0.5, 0.6) is 0 Å². The molecule has 1 heterocycles. The van der Waals surface area contributed by atoms with Gasteiger partial charge in [-0.1, -0.05) is 13.3 Å². The van der Waals surface area contributed by atoms with Crippen LogP contribution in [0.15, 0.2) is 0 Å². The maximum absolute atomic E-state index is 11.4. The van der Waals surface area contributed by atoms with Crippen molar-refractivity contribution < 1.29 is 4.79 Å². The van der Waals surface area contributed by atoms with Crippen molar-refractivity contribution in [3.8, 4) is 0 Å². The molecule has 0 aromatic heterocycles. The number of hydrogen-bond acceptors (Lipinski definition) is 2. The van der Waals surface area contributed by atoms with E-state index >= 15 is 0 Å². The molecule has 0 radical (unpaired) electrons. The number of rotatable bonds is 2. The fraction of sp³-hybridized carbons (Fsp3) is 0.909. The lowest BCUT2D eigenvalue weighted by Gasteiger charge is -2.42. The Bertz CT molecular complexity index is 205. The summed E-state index contributed by atoms with van der Waals surface area (Å²) in [6.45, 7) is 6.03. The fourth-order valence-corrected chi connectivity index (χ4v) is 2.31. The zero-order chi connectivity index (χ0) is 9.97. The van der Waals surface area contributed by atoms with Gasteiger partial charge in [-0.3, -0.25) is 9.69 Å². The van der Waals surface area contributed by atoms with Crippen molar-refractivity contribution in [2.45, 2.75) is 38.6 Å². The molecule has 1 aliphatic carbocycles. The van der Waals surface area contributed by atoms with Gasteiger partial charge in [0, 0.05) is 38.6 Å². The first-order valence-electron chi connectivity index (χ1n) is 5.83. The number of carbonyl (C=O) groups excluding carboxylic acids is 1. The molecule has 3 nitrogen and oxygen atoms in total. The van der Waals surface area contributed by atoms with Crippen molar-refractivity contribution in [1.82, 2.24) is 9.80 Å². The summed E-state index contributed by atoms with van der Waals surface area (Å²) in [5, 5.41) is 0. The van der Waals surface area contributed by atoms with E-state index in [2.05, 4.69) is 4.90 Å². The molecule has 2 fully saturated rings. The minimum absolute atomic E-state index is 0.318. The van der Waals surface area contributed by atoms with Crippen LogP contribution in [0.2, 0.25) is 0 Å². The minimum Gasteiger partial charge on any atom is -0.340 e. The molecule has 14 heavy (non-hydrogen) atoms. The predicted molar refractivity (Wildman–Crippen MR) is 56.1 cm³/mol. The van der Waals surface area contributed by atoms with E-state index < -0.39 is 0 Å². The summed E-state index contributed by atoms with van der Waals surface area (Å²) >= 11 is 0. The van der Waals surface area contributed by atoms with Crippen molar-refractivity contribution in [3.05, 3.63) is 0 Å². The normalized spacial score (nSPS) is 24.8. The molecule has 0 aromatic carbocycles. The second-order valence-corrected chi connectivity index (χ2v) is 4.36. The average Bonchev–Trinajstić information content (AvgIpc) is 2.15. The number of carbonyl (C=O) groups is 1. The lowest BCUT2D eigenvalue weighted by molar-refractivity contribution is -0.133. The van der Waals surface area contributed by atoms with Crippen molar-refractivity contribution in [2.75, 3.05) is 26.2 Å². The summed E-state index contributed by atoms with van der Waals surface area (Å²) in [7, 11) is 0. The lowest BCUT2D eigenvalue weighted by atomic mass is 9.91. The fourth-order valence-electron chi connectivity index (χ4n) is 2.31. The summed E-state index contributed by atoms with van der Waals surface area (Å²) < 4.78 is 0. The van der Waals surface area contributed by atoms with Gasteiger partial charge in [-0.05, 0) is 12.8 Å². The largest absolute Gasteiger partial charge is 0.340 e. The van der Waals surface area contributed by atoms with Crippen molar-refractivity contribution >= 4 is 5.91 Å². The van der Waals surface area contributed by atoms with E-state index in [1.807, 2.05) is 11.8 Å². The Morgan fingerprint density at radius 3 is 2.29 bits per heavy atom. The summed E-state index contributed by atoms with van der Waals surface area (Å²) in [4.78, 5) is 16.0. The summed E-state index contributed by atoms with van der Waals surface area (Å²) in [6.07, 6.45) is 4.81. The number of amides is 1. The molecule has 2 aliphatic rings. The van der Waals surface area contributed by atoms with E-state index in [-0.39, 0.29) is 0 Å². The van der Waals surface area contributed by atoms with Crippen LogP contribution in [-0.4, -0.2) is 47.9 Å². The maximum Gasteiger partial charge on any atom is 0.222 e. The average molecular weight is 196 g/mol. The first kappa shape index (κ1) is 9.97. The van der Waals surface area contributed by atoms with Crippen LogP contribution in [0.25, 0.3) is 0 Å². The van der Waals surface area contributed by atoms with Crippen LogP contribution < -0.4 is 0 Å². The highest BCUT2D eigenvalue weighted by Gasteiger charge is 2.28. The maximum atomic E-state index is 11.4. The Morgan fingerprint density at radius 1 is 1.21 bits per heavy atom. The van der Waals surface area contributed by atoms with Gasteiger partial charge in [0.25, 0.3) is 0 Å². The smallest absolute Gasteiger partial charge is 0.222 e. The molecule has 0 spiro atoms. The highest BCUT2D eigenvalue weighted by atomic mass is 16.2. The van der Waals surface area contributed by atoms with Gasteiger partial charge in [-0.2, -0.15) is 0 Å². The molecule has 1 amide bonds. The molecule has 80 valence electrons. The second kappa shape index (κ2) is 4.30. The molecule has 3 heteroatoms. The first-order valence-corrected chi connectivity index (χ1v) is 5.83. The summed E-state index contributed by atoms with van der Waals surface area (Å²) in [5.41, 5.74) is 0. The van der Waals surface area contributed by atoms with Crippen molar-refractivity contribution in [2.24, 2.45) is 0 Å². The monoisotopic (exact) mass is 196 g/mol. The minimum atomic E-state index is 0.318. The summed E-state index contributed by atoms with van der Waals surface area (Å²) in [6, 6.07) is 0.842. The second-order valence-electron chi connectivity index (χ2n) is 4.36. The molecule has 0 aromatic rings. The van der Waals surface area contributed by atoms with Crippen molar-refractivity contribution in [3.63, 3.8) is 0 Å². The highest BCUT2D eigenvalue weighted by molar-refractivity contribution is 5.75. The van der Waals surface area contributed by atoms with Gasteiger partial charge in [-0.15, -0.1) is 0 Å². The van der Waals surface area contributed by atoms with Gasteiger partial charge in [0.05, 0.1) is 0 Å². The molecular weight excluding hydrogens is 176 g/mol. The van der Waals surface area contributed by atoms with E-state index in [9.17, 15) is 4.79 Å². The Morgan fingerprint density at radius 2 is 1.86 bits per heavy atom. The molecule has 1 saturated carbocycles. The van der Waals surface area contributed by atoms with Crippen LogP contribution in [0, 0.1) is 0 Å². The molecule has 0 atom stereocenters. The van der Waals surface area contributed by atoms with Crippen LogP contribution >= 0.6 is 0 Å². The van der Waals surface area contributed by atoms with E-state index in [4.69, 9.17) is 0 Å². The number of hydrogen-bond donors (Lipinski definition) is 0. The lowest BCUT2D eigenvalue weighted by Crippen LogP contribution is -2.53. The standard InChI is InChI=1S/C11H20N2O/c1-2-11(14)13-8-6-12(7-9-13)10-4-3-5-10/h10H,2-9H2,1H3. The van der Waals surface area contributed by atoms with Crippen LogP contribution in [0.4, 0.5) is 0 Å². The first-order chi connectivity index (χ1) is 6.81. The highest BCUT2D eigenvalue weighted by Crippen LogP contribution is 2.25. The predicted octanol–water partition coefficient (Wildman–Crippen LogP) is 1.09. The molecule has 1 aliphatic heterocycles. The molecule has 0 bridgehead atoms. The summed E-state index contributed by atoms with van der Waals surface area (Å²) in [5.74, 6) is 0.318. The zero-order valence-corrected chi connectivity index (χ0v) is 9.04. The third kappa shape index (κ3) is 1.92. The van der Waals surface area contributed by atoms with Gasteiger partial charge in [-0.25, -0.2) is 0 Å². The third-order valence-corrected chi connectivity index (χ3v) is 3.56.